The summed E-state index contributed by atoms with van der Waals surface area (Å²) in [6, 6.07) is 1.71. The summed E-state index contributed by atoms with van der Waals surface area (Å²) in [5.41, 5.74) is 8.07. The molecule has 0 aromatic carbocycles. The van der Waals surface area contributed by atoms with Gasteiger partial charge in [-0.2, -0.15) is 5.10 Å². The summed E-state index contributed by atoms with van der Waals surface area (Å²) in [5.74, 6) is 0.758. The predicted octanol–water partition coefficient (Wildman–Crippen LogP) is 1.65. The molecule has 0 saturated carbocycles. The number of rotatable bonds is 5. The molecule has 0 saturated heterocycles. The zero-order valence-electron chi connectivity index (χ0n) is 10.7. The highest BCUT2D eigenvalue weighted by atomic mass is 16.5. The van der Waals surface area contributed by atoms with Gasteiger partial charge < -0.3 is 10.5 Å². The number of aromatic nitrogens is 3. The summed E-state index contributed by atoms with van der Waals surface area (Å²) in [6.45, 7) is 2.76. The van der Waals surface area contributed by atoms with Crippen LogP contribution in [0.5, 0.6) is 5.75 Å². The second-order valence-corrected chi connectivity index (χ2v) is 4.23. The smallest absolute Gasteiger partial charge is 0.137 e. The largest absolute Gasteiger partial charge is 0.492 e. The van der Waals surface area contributed by atoms with Crippen LogP contribution in [-0.2, 0) is 7.05 Å². The molecule has 0 radical (unpaired) electrons. The molecule has 1 atom stereocenters. The molecule has 2 aromatic heterocycles. The van der Waals surface area contributed by atoms with E-state index in [0.29, 0.717) is 6.61 Å². The fraction of sp³-hybridized carbons (Fsp3) is 0.385. The third kappa shape index (κ3) is 2.87. The van der Waals surface area contributed by atoms with Crippen molar-refractivity contribution in [2.45, 2.75) is 19.4 Å². The molecule has 0 fully saturated rings. The maximum absolute atomic E-state index is 6.18. The molecule has 2 heterocycles. The summed E-state index contributed by atoms with van der Waals surface area (Å²) in [4.78, 5) is 4.16. The Labute approximate surface area is 107 Å². The van der Waals surface area contributed by atoms with Crippen molar-refractivity contribution in [3.05, 3.63) is 42.0 Å². The molecule has 2 aromatic rings. The Balaban J connectivity index is 2.17. The number of pyridine rings is 1. The third-order valence-electron chi connectivity index (χ3n) is 2.65. The van der Waals surface area contributed by atoms with Gasteiger partial charge in [0.15, 0.2) is 0 Å². The van der Waals surface area contributed by atoms with E-state index in [4.69, 9.17) is 10.5 Å². The van der Waals surface area contributed by atoms with Crippen molar-refractivity contribution >= 4 is 0 Å². The van der Waals surface area contributed by atoms with E-state index < -0.39 is 0 Å². The molecule has 0 bridgehead atoms. The molecular weight excluding hydrogens is 228 g/mol. The minimum Gasteiger partial charge on any atom is -0.492 e. The van der Waals surface area contributed by atoms with E-state index in [1.165, 1.54) is 0 Å². The van der Waals surface area contributed by atoms with Crippen molar-refractivity contribution in [2.24, 2.45) is 12.8 Å². The summed E-state index contributed by atoms with van der Waals surface area (Å²) < 4.78 is 7.28. The molecule has 5 heteroatoms. The highest BCUT2D eigenvalue weighted by Gasteiger charge is 2.12. The van der Waals surface area contributed by atoms with Gasteiger partial charge in [-0.05, 0) is 18.1 Å². The van der Waals surface area contributed by atoms with Gasteiger partial charge in [0.25, 0.3) is 0 Å². The van der Waals surface area contributed by atoms with Crippen LogP contribution in [0.4, 0.5) is 0 Å². The first-order valence-electron chi connectivity index (χ1n) is 6.02. The Morgan fingerprint density at radius 3 is 2.83 bits per heavy atom. The van der Waals surface area contributed by atoms with Gasteiger partial charge in [0.05, 0.1) is 25.0 Å². The summed E-state index contributed by atoms with van der Waals surface area (Å²) in [6.07, 6.45) is 8.11. The lowest BCUT2D eigenvalue weighted by Crippen LogP contribution is -2.11. The summed E-state index contributed by atoms with van der Waals surface area (Å²) in [7, 11) is 1.87. The fourth-order valence-electron chi connectivity index (χ4n) is 1.70. The van der Waals surface area contributed by atoms with Crippen molar-refractivity contribution < 1.29 is 4.74 Å². The number of hydrogen-bond donors (Lipinski definition) is 1. The van der Waals surface area contributed by atoms with Crippen LogP contribution in [0.2, 0.25) is 0 Å². The predicted molar refractivity (Wildman–Crippen MR) is 69.3 cm³/mol. The highest BCUT2D eigenvalue weighted by Crippen LogP contribution is 2.21. The zero-order chi connectivity index (χ0) is 13.0. The van der Waals surface area contributed by atoms with Gasteiger partial charge in [0, 0.05) is 25.0 Å². The molecule has 1 unspecified atom stereocenters. The lowest BCUT2D eigenvalue weighted by Gasteiger charge is -2.11. The van der Waals surface area contributed by atoms with Crippen molar-refractivity contribution in [3.8, 4) is 5.75 Å². The Kier molecular flexibility index (Phi) is 3.94. The van der Waals surface area contributed by atoms with E-state index in [-0.39, 0.29) is 6.04 Å². The second kappa shape index (κ2) is 5.64. The van der Waals surface area contributed by atoms with Crippen LogP contribution in [-0.4, -0.2) is 21.4 Å². The zero-order valence-corrected chi connectivity index (χ0v) is 10.7. The van der Waals surface area contributed by atoms with Gasteiger partial charge >= 0.3 is 0 Å². The first-order chi connectivity index (χ1) is 8.70. The van der Waals surface area contributed by atoms with Crippen molar-refractivity contribution in [1.82, 2.24) is 14.8 Å². The molecule has 0 aliphatic heterocycles. The normalized spacial score (nSPS) is 12.4. The van der Waals surface area contributed by atoms with Crippen LogP contribution in [0, 0.1) is 0 Å². The Bertz CT molecular complexity index is 509. The van der Waals surface area contributed by atoms with Gasteiger partial charge in [0.1, 0.15) is 5.75 Å². The minimum atomic E-state index is -0.226. The Hall–Kier alpha value is -1.88. The van der Waals surface area contributed by atoms with E-state index in [1.807, 2.05) is 19.3 Å². The van der Waals surface area contributed by atoms with Crippen LogP contribution in [0.3, 0.4) is 0 Å². The molecule has 5 nitrogen and oxygen atoms in total. The van der Waals surface area contributed by atoms with Gasteiger partial charge in [-0.3, -0.25) is 9.67 Å². The molecule has 96 valence electrons. The van der Waals surface area contributed by atoms with Crippen LogP contribution >= 0.6 is 0 Å². The Morgan fingerprint density at radius 1 is 1.33 bits per heavy atom. The van der Waals surface area contributed by atoms with E-state index in [2.05, 4.69) is 17.0 Å². The lowest BCUT2D eigenvalue weighted by atomic mass is 10.0. The monoisotopic (exact) mass is 246 g/mol. The van der Waals surface area contributed by atoms with Crippen molar-refractivity contribution in [2.75, 3.05) is 6.61 Å². The van der Waals surface area contributed by atoms with Gasteiger partial charge in [-0.1, -0.05) is 6.92 Å². The molecule has 18 heavy (non-hydrogen) atoms. The van der Waals surface area contributed by atoms with Crippen molar-refractivity contribution in [1.29, 1.82) is 0 Å². The summed E-state index contributed by atoms with van der Waals surface area (Å²) >= 11 is 0. The SMILES string of the molecule is CCCOc1cncc(C(N)c2cnn(C)c2)c1. The van der Waals surface area contributed by atoms with Gasteiger partial charge in [-0.15, -0.1) is 0 Å². The quantitative estimate of drug-likeness (QED) is 0.871. The molecular formula is C13H18N4O. The minimum absolute atomic E-state index is 0.226. The van der Waals surface area contributed by atoms with E-state index >= 15 is 0 Å². The maximum Gasteiger partial charge on any atom is 0.137 e. The van der Waals surface area contributed by atoms with Gasteiger partial charge in [0.2, 0.25) is 0 Å². The van der Waals surface area contributed by atoms with E-state index in [9.17, 15) is 0 Å². The average molecular weight is 246 g/mol. The molecule has 2 rings (SSSR count). The highest BCUT2D eigenvalue weighted by molar-refractivity contribution is 5.31. The topological polar surface area (TPSA) is 66.0 Å². The van der Waals surface area contributed by atoms with Crippen molar-refractivity contribution in [3.63, 3.8) is 0 Å². The number of hydrogen-bond acceptors (Lipinski definition) is 4. The van der Waals surface area contributed by atoms with Crippen LogP contribution in [0.1, 0.15) is 30.5 Å². The first-order valence-corrected chi connectivity index (χ1v) is 6.02. The number of ether oxygens (including phenoxy) is 1. The molecule has 2 N–H and O–H groups in total. The lowest BCUT2D eigenvalue weighted by molar-refractivity contribution is 0.315. The standard InChI is InChI=1S/C13H18N4O/c1-3-4-18-12-5-10(6-15-8-12)13(14)11-7-16-17(2)9-11/h5-9,13H,3-4,14H2,1-2H3. The average Bonchev–Trinajstić information content (AvgIpc) is 2.82. The summed E-state index contributed by atoms with van der Waals surface area (Å²) in [5, 5.41) is 4.12. The van der Waals surface area contributed by atoms with Crippen LogP contribution < -0.4 is 10.5 Å². The van der Waals surface area contributed by atoms with Crippen LogP contribution in [0.15, 0.2) is 30.9 Å². The molecule has 0 spiro atoms. The Morgan fingerprint density at radius 2 is 2.17 bits per heavy atom. The molecule has 0 aliphatic carbocycles. The van der Waals surface area contributed by atoms with E-state index in [1.54, 1.807) is 23.3 Å². The number of aryl methyl sites for hydroxylation is 1. The maximum atomic E-state index is 6.18. The number of nitrogens with zero attached hydrogens (tertiary/aromatic N) is 3. The van der Waals surface area contributed by atoms with E-state index in [0.717, 1.165) is 23.3 Å². The fourth-order valence-corrected chi connectivity index (χ4v) is 1.70. The second-order valence-electron chi connectivity index (χ2n) is 4.23. The van der Waals surface area contributed by atoms with Gasteiger partial charge in [-0.25, -0.2) is 0 Å². The van der Waals surface area contributed by atoms with Crippen LogP contribution in [0.25, 0.3) is 0 Å². The first kappa shape index (κ1) is 12.6. The number of nitrogens with two attached hydrogens (primary N) is 1. The molecule has 0 amide bonds. The molecule has 0 aliphatic rings. The third-order valence-corrected chi connectivity index (χ3v) is 2.65.